The fraction of sp³-hybridized carbons (Fsp3) is 0.217. The second-order valence-corrected chi connectivity index (χ2v) is 7.22. The van der Waals surface area contributed by atoms with Gasteiger partial charge in [0.25, 0.3) is 0 Å². The van der Waals surface area contributed by atoms with Crippen molar-refractivity contribution in [3.63, 3.8) is 0 Å². The van der Waals surface area contributed by atoms with Crippen LogP contribution in [0, 0.1) is 5.82 Å². The van der Waals surface area contributed by atoms with Crippen LogP contribution in [0.1, 0.15) is 12.8 Å². The number of nitrogens with one attached hydrogen (secondary N) is 1. The second kappa shape index (κ2) is 7.64. The zero-order chi connectivity index (χ0) is 19.6. The first-order valence-corrected chi connectivity index (χ1v) is 9.84. The molecule has 1 aliphatic heterocycles. The summed E-state index contributed by atoms with van der Waals surface area (Å²) in [5, 5.41) is 8.17. The minimum Gasteiger partial charge on any atom is -0.376 e. The van der Waals surface area contributed by atoms with Gasteiger partial charge in [-0.25, -0.2) is 9.37 Å². The first-order valence-electron chi connectivity index (χ1n) is 9.84. The fourth-order valence-electron chi connectivity index (χ4n) is 3.67. The molecule has 3 heterocycles. The van der Waals surface area contributed by atoms with Crippen LogP contribution < -0.4 is 5.32 Å². The van der Waals surface area contributed by atoms with Crippen LogP contribution in [0.3, 0.4) is 0 Å². The number of nitrogens with zero attached hydrogens (tertiary/aromatic N) is 3. The van der Waals surface area contributed by atoms with Crippen LogP contribution in [0.2, 0.25) is 0 Å². The number of ether oxygens (including phenoxy) is 1. The molecule has 0 aliphatic carbocycles. The maximum Gasteiger partial charge on any atom is 0.158 e. The number of anilines is 1. The molecule has 146 valence electrons. The van der Waals surface area contributed by atoms with E-state index in [1.807, 2.05) is 48.5 Å². The third-order valence-electron chi connectivity index (χ3n) is 5.15. The molecule has 1 saturated heterocycles. The summed E-state index contributed by atoms with van der Waals surface area (Å²) in [5.41, 5.74) is 4.01. The zero-order valence-corrected chi connectivity index (χ0v) is 15.9. The number of halogens is 1. The van der Waals surface area contributed by atoms with Gasteiger partial charge in [0.1, 0.15) is 11.6 Å². The molecule has 4 aromatic rings. The van der Waals surface area contributed by atoms with E-state index in [0.717, 1.165) is 42.1 Å². The van der Waals surface area contributed by atoms with Crippen molar-refractivity contribution >= 4 is 11.5 Å². The van der Waals surface area contributed by atoms with Gasteiger partial charge in [-0.15, -0.1) is 0 Å². The molecule has 0 spiro atoms. The number of fused-ring (bicyclic) bond motifs is 1. The van der Waals surface area contributed by atoms with Gasteiger partial charge in [0.05, 0.1) is 17.5 Å². The molecule has 29 heavy (non-hydrogen) atoms. The summed E-state index contributed by atoms with van der Waals surface area (Å²) in [6, 6.07) is 20.4. The van der Waals surface area contributed by atoms with Gasteiger partial charge in [0.15, 0.2) is 5.65 Å². The van der Waals surface area contributed by atoms with Gasteiger partial charge in [0, 0.05) is 36.4 Å². The van der Waals surface area contributed by atoms with Crippen molar-refractivity contribution in [2.45, 2.75) is 18.9 Å². The van der Waals surface area contributed by atoms with E-state index in [-0.39, 0.29) is 11.9 Å². The van der Waals surface area contributed by atoms with E-state index in [1.54, 1.807) is 10.6 Å². The molecular weight excluding hydrogens is 367 g/mol. The minimum atomic E-state index is -0.283. The summed E-state index contributed by atoms with van der Waals surface area (Å²) in [6.45, 7) is 1.53. The molecule has 5 rings (SSSR count). The predicted molar refractivity (Wildman–Crippen MR) is 111 cm³/mol. The second-order valence-electron chi connectivity index (χ2n) is 7.22. The number of benzene rings is 2. The minimum absolute atomic E-state index is 0.205. The molecule has 6 heteroatoms. The van der Waals surface area contributed by atoms with Crippen LogP contribution in [-0.2, 0) is 4.74 Å². The Balaban J connectivity index is 1.58. The van der Waals surface area contributed by atoms with Gasteiger partial charge in [-0.1, -0.05) is 42.5 Å². The van der Waals surface area contributed by atoms with Crippen LogP contribution in [0.4, 0.5) is 10.2 Å². The Bertz CT molecular complexity index is 1140. The lowest BCUT2D eigenvalue weighted by atomic mass is 10.1. The Morgan fingerprint density at radius 3 is 2.66 bits per heavy atom. The highest BCUT2D eigenvalue weighted by molar-refractivity contribution is 5.70. The van der Waals surface area contributed by atoms with Gasteiger partial charge in [-0.05, 0) is 25.0 Å². The van der Waals surface area contributed by atoms with Gasteiger partial charge < -0.3 is 10.1 Å². The van der Waals surface area contributed by atoms with Crippen LogP contribution in [0.5, 0.6) is 0 Å². The first-order chi connectivity index (χ1) is 14.3. The van der Waals surface area contributed by atoms with Crippen molar-refractivity contribution in [2.24, 2.45) is 0 Å². The van der Waals surface area contributed by atoms with Crippen LogP contribution >= 0.6 is 0 Å². The standard InChI is InChI=1S/C23H21FN4O/c24-18-9-4-8-17(12-18)21-14-23-26-20(16-6-2-1-3-7-16)13-22(28(23)27-21)25-15-19-10-5-11-29-19/h1-4,6-9,12-14,19,25H,5,10-11,15H2/t19-/m0/s1. The van der Waals surface area contributed by atoms with E-state index >= 15 is 0 Å². The van der Waals surface area contributed by atoms with Crippen molar-refractivity contribution in [3.05, 3.63) is 72.5 Å². The van der Waals surface area contributed by atoms with Gasteiger partial charge in [-0.2, -0.15) is 9.61 Å². The average molecular weight is 388 g/mol. The Labute approximate surface area is 168 Å². The third kappa shape index (κ3) is 3.71. The van der Waals surface area contributed by atoms with Crippen molar-refractivity contribution < 1.29 is 9.13 Å². The third-order valence-corrected chi connectivity index (χ3v) is 5.15. The Morgan fingerprint density at radius 1 is 1.00 bits per heavy atom. The Kier molecular flexibility index (Phi) is 4.69. The maximum atomic E-state index is 13.7. The van der Waals surface area contributed by atoms with Crippen molar-refractivity contribution in [2.75, 3.05) is 18.5 Å². The molecule has 0 unspecified atom stereocenters. The number of hydrogen-bond donors (Lipinski definition) is 1. The molecule has 1 N–H and O–H groups in total. The number of rotatable bonds is 5. The van der Waals surface area contributed by atoms with Crippen molar-refractivity contribution in [3.8, 4) is 22.5 Å². The van der Waals surface area contributed by atoms with E-state index in [9.17, 15) is 4.39 Å². The summed E-state index contributed by atoms with van der Waals surface area (Å²) in [6.07, 6.45) is 2.36. The zero-order valence-electron chi connectivity index (χ0n) is 15.9. The summed E-state index contributed by atoms with van der Waals surface area (Å²) >= 11 is 0. The van der Waals surface area contributed by atoms with Gasteiger partial charge in [0.2, 0.25) is 0 Å². The highest BCUT2D eigenvalue weighted by Gasteiger charge is 2.17. The van der Waals surface area contributed by atoms with E-state index in [0.29, 0.717) is 17.9 Å². The van der Waals surface area contributed by atoms with Crippen LogP contribution in [0.25, 0.3) is 28.2 Å². The monoisotopic (exact) mass is 388 g/mol. The predicted octanol–water partition coefficient (Wildman–Crippen LogP) is 4.79. The van der Waals surface area contributed by atoms with Crippen molar-refractivity contribution in [1.29, 1.82) is 0 Å². The topological polar surface area (TPSA) is 51.5 Å². The molecule has 1 fully saturated rings. The Morgan fingerprint density at radius 2 is 1.86 bits per heavy atom. The lowest BCUT2D eigenvalue weighted by Gasteiger charge is -2.14. The highest BCUT2D eigenvalue weighted by Crippen LogP contribution is 2.26. The molecule has 0 amide bonds. The molecule has 5 nitrogen and oxygen atoms in total. The number of aromatic nitrogens is 3. The average Bonchev–Trinajstić information content (AvgIpc) is 3.42. The normalized spacial score (nSPS) is 16.4. The first kappa shape index (κ1) is 17.8. The quantitative estimate of drug-likeness (QED) is 0.534. The lowest BCUT2D eigenvalue weighted by molar-refractivity contribution is 0.120. The summed E-state index contributed by atoms with van der Waals surface area (Å²) in [4.78, 5) is 4.79. The fourth-order valence-corrected chi connectivity index (χ4v) is 3.67. The Hall–Kier alpha value is -3.25. The number of hydrogen-bond acceptors (Lipinski definition) is 4. The van der Waals surface area contributed by atoms with Crippen molar-refractivity contribution in [1.82, 2.24) is 14.6 Å². The summed E-state index contributed by atoms with van der Waals surface area (Å²) in [7, 11) is 0. The smallest absolute Gasteiger partial charge is 0.158 e. The largest absolute Gasteiger partial charge is 0.376 e. The molecule has 0 radical (unpaired) electrons. The molecule has 0 saturated carbocycles. The molecular formula is C23H21FN4O. The SMILES string of the molecule is Fc1cccc(-c2cc3nc(-c4ccccc4)cc(NC[C@@H]4CCCO4)n3n2)c1. The summed E-state index contributed by atoms with van der Waals surface area (Å²) < 4.78 is 21.2. The van der Waals surface area contributed by atoms with E-state index in [1.165, 1.54) is 12.1 Å². The van der Waals surface area contributed by atoms with Crippen LogP contribution in [-0.4, -0.2) is 33.9 Å². The molecule has 1 atom stereocenters. The highest BCUT2D eigenvalue weighted by atomic mass is 19.1. The maximum absolute atomic E-state index is 13.7. The van der Waals surface area contributed by atoms with Gasteiger partial charge in [-0.3, -0.25) is 0 Å². The summed E-state index contributed by atoms with van der Waals surface area (Å²) in [5.74, 6) is 0.557. The van der Waals surface area contributed by atoms with E-state index in [2.05, 4.69) is 10.4 Å². The molecule has 2 aromatic carbocycles. The molecule has 1 aliphatic rings. The van der Waals surface area contributed by atoms with E-state index in [4.69, 9.17) is 9.72 Å². The van der Waals surface area contributed by atoms with E-state index < -0.39 is 0 Å². The molecule has 0 bridgehead atoms. The van der Waals surface area contributed by atoms with Gasteiger partial charge >= 0.3 is 0 Å². The molecule has 2 aromatic heterocycles. The van der Waals surface area contributed by atoms with Crippen LogP contribution in [0.15, 0.2) is 66.7 Å². The lowest BCUT2D eigenvalue weighted by Crippen LogP contribution is -2.20.